The fraction of sp³-hybridized carbons (Fsp3) is 0.333. The zero-order valence-electron chi connectivity index (χ0n) is 15.1. The lowest BCUT2D eigenvalue weighted by atomic mass is 10.0. The molecule has 0 fully saturated rings. The van der Waals surface area contributed by atoms with E-state index >= 15 is 0 Å². The second-order valence-electron chi connectivity index (χ2n) is 6.25. The van der Waals surface area contributed by atoms with Crippen molar-refractivity contribution in [2.45, 2.75) is 33.1 Å². The Kier molecular flexibility index (Phi) is 7.40. The molecule has 2 aromatic rings. The number of amides is 2. The molecule has 0 aromatic heterocycles. The third-order valence-electron chi connectivity index (χ3n) is 4.35. The summed E-state index contributed by atoms with van der Waals surface area (Å²) in [5.41, 5.74) is 3.48. The molecule has 0 saturated heterocycles. The average molecular weight is 386 g/mol. The maximum Gasteiger partial charge on any atom is 0.224 e. The number of hydrogen-bond acceptors (Lipinski definition) is 5. The van der Waals surface area contributed by atoms with E-state index in [2.05, 4.69) is 10.6 Å². The fourth-order valence-electron chi connectivity index (χ4n) is 3.01. The summed E-state index contributed by atoms with van der Waals surface area (Å²) in [5, 5.41) is 14.8. The molecule has 0 spiro atoms. The second kappa shape index (κ2) is 9.75. The summed E-state index contributed by atoms with van der Waals surface area (Å²) in [4.78, 5) is 22.2. The third-order valence-corrected chi connectivity index (χ3v) is 4.35. The highest BCUT2D eigenvalue weighted by Gasteiger charge is 2.18. The number of ether oxygens (including phenoxy) is 2. The topological polar surface area (TPSA) is 96.9 Å². The lowest BCUT2D eigenvalue weighted by Crippen LogP contribution is -2.19. The number of phenolic OH excluding ortho intramolecular Hbond substituents is 1. The van der Waals surface area contributed by atoms with Crippen LogP contribution in [0.5, 0.6) is 11.5 Å². The van der Waals surface area contributed by atoms with Crippen LogP contribution in [0.25, 0.3) is 0 Å². The minimum Gasteiger partial charge on any atom is -0.506 e. The van der Waals surface area contributed by atoms with Crippen molar-refractivity contribution in [1.29, 1.82) is 0 Å². The molecule has 2 aromatic carbocycles. The van der Waals surface area contributed by atoms with Gasteiger partial charge in [-0.2, -0.15) is 0 Å². The number of rotatable bonds is 3. The second-order valence-corrected chi connectivity index (χ2v) is 6.25. The van der Waals surface area contributed by atoms with Gasteiger partial charge in [0.05, 0.1) is 11.4 Å². The fourth-order valence-corrected chi connectivity index (χ4v) is 3.01. The van der Waals surface area contributed by atoms with Crippen LogP contribution in [0.4, 0.5) is 11.4 Å². The van der Waals surface area contributed by atoms with Crippen molar-refractivity contribution in [2.24, 2.45) is 0 Å². The van der Waals surface area contributed by atoms with E-state index in [1.807, 2.05) is 24.3 Å². The zero-order chi connectivity index (χ0) is 19.2. The SMILES string of the molecule is C.COCOc1cccc2c1NC(=O)CC2.O=C1CCc2cccc(O)c2N1. The monoisotopic (exact) mass is 386 g/mol. The first-order valence-corrected chi connectivity index (χ1v) is 8.72. The van der Waals surface area contributed by atoms with Gasteiger partial charge in [0.25, 0.3) is 0 Å². The number of fused-ring (bicyclic) bond motifs is 2. The van der Waals surface area contributed by atoms with Crippen molar-refractivity contribution < 1.29 is 24.2 Å². The van der Waals surface area contributed by atoms with Crippen molar-refractivity contribution in [2.75, 3.05) is 24.5 Å². The van der Waals surface area contributed by atoms with Crippen LogP contribution in [-0.2, 0) is 27.2 Å². The van der Waals surface area contributed by atoms with E-state index in [0.29, 0.717) is 24.3 Å². The molecule has 0 unspecified atom stereocenters. The lowest BCUT2D eigenvalue weighted by molar-refractivity contribution is -0.117. The number of nitrogens with one attached hydrogen (secondary N) is 2. The van der Waals surface area contributed by atoms with Crippen LogP contribution in [-0.4, -0.2) is 30.8 Å². The van der Waals surface area contributed by atoms with Crippen molar-refractivity contribution in [3.8, 4) is 11.5 Å². The molecule has 0 atom stereocenters. The van der Waals surface area contributed by atoms with E-state index in [0.717, 1.165) is 29.7 Å². The Morgan fingerprint density at radius 1 is 0.893 bits per heavy atom. The zero-order valence-corrected chi connectivity index (χ0v) is 15.1. The molecule has 4 rings (SSSR count). The number of hydrogen-bond donors (Lipinski definition) is 3. The van der Waals surface area contributed by atoms with E-state index in [-0.39, 0.29) is 31.8 Å². The van der Waals surface area contributed by atoms with E-state index < -0.39 is 0 Å². The molecule has 0 saturated carbocycles. The third kappa shape index (κ3) is 5.01. The van der Waals surface area contributed by atoms with Crippen molar-refractivity contribution in [1.82, 2.24) is 0 Å². The van der Waals surface area contributed by atoms with Gasteiger partial charge >= 0.3 is 0 Å². The Labute approximate surface area is 164 Å². The van der Waals surface area contributed by atoms with Crippen LogP contribution >= 0.6 is 0 Å². The number of carbonyl (C=O) groups excluding carboxylic acids is 2. The smallest absolute Gasteiger partial charge is 0.224 e. The molecular weight excluding hydrogens is 360 g/mol. The molecular formula is C21H26N2O5. The maximum atomic E-state index is 11.3. The average Bonchev–Trinajstić information content (AvgIpc) is 2.67. The van der Waals surface area contributed by atoms with Crippen LogP contribution in [0.15, 0.2) is 36.4 Å². The highest BCUT2D eigenvalue weighted by atomic mass is 16.7. The van der Waals surface area contributed by atoms with Gasteiger partial charge in [-0.25, -0.2) is 0 Å². The number of phenols is 1. The predicted octanol–water partition coefficient (Wildman–Crippen LogP) is 3.47. The van der Waals surface area contributed by atoms with Gasteiger partial charge in [0.2, 0.25) is 11.8 Å². The Morgan fingerprint density at radius 2 is 1.46 bits per heavy atom. The van der Waals surface area contributed by atoms with Crippen LogP contribution in [0, 0.1) is 0 Å². The summed E-state index contributed by atoms with van der Waals surface area (Å²) in [6.45, 7) is 0.187. The Bertz CT molecular complexity index is 851. The van der Waals surface area contributed by atoms with Crippen molar-refractivity contribution >= 4 is 23.2 Å². The number of methoxy groups -OCH3 is 1. The molecule has 28 heavy (non-hydrogen) atoms. The van der Waals surface area contributed by atoms with Gasteiger partial charge < -0.3 is 25.2 Å². The number of anilines is 2. The Morgan fingerprint density at radius 3 is 2.11 bits per heavy atom. The molecule has 2 aliphatic heterocycles. The van der Waals surface area contributed by atoms with Crippen LogP contribution in [0.2, 0.25) is 0 Å². The highest BCUT2D eigenvalue weighted by molar-refractivity contribution is 5.96. The van der Waals surface area contributed by atoms with E-state index in [4.69, 9.17) is 9.47 Å². The van der Waals surface area contributed by atoms with Gasteiger partial charge in [0.1, 0.15) is 11.5 Å². The summed E-state index contributed by atoms with van der Waals surface area (Å²) in [5.74, 6) is 0.836. The molecule has 0 aliphatic carbocycles. The molecule has 7 nitrogen and oxygen atoms in total. The van der Waals surface area contributed by atoms with Gasteiger partial charge in [-0.1, -0.05) is 31.7 Å². The molecule has 150 valence electrons. The van der Waals surface area contributed by atoms with E-state index in [1.165, 1.54) is 0 Å². The lowest BCUT2D eigenvalue weighted by Gasteiger charge is -2.19. The molecule has 2 heterocycles. The highest BCUT2D eigenvalue weighted by Crippen LogP contribution is 2.32. The first-order valence-electron chi connectivity index (χ1n) is 8.72. The molecule has 0 radical (unpaired) electrons. The number of carbonyl (C=O) groups is 2. The van der Waals surface area contributed by atoms with Gasteiger partial charge in [-0.3, -0.25) is 9.59 Å². The van der Waals surface area contributed by atoms with Crippen LogP contribution < -0.4 is 15.4 Å². The number of para-hydroxylation sites is 2. The van der Waals surface area contributed by atoms with Gasteiger partial charge in [0, 0.05) is 20.0 Å². The largest absolute Gasteiger partial charge is 0.506 e. The molecule has 0 bridgehead atoms. The minimum atomic E-state index is -0.0241. The van der Waals surface area contributed by atoms with Gasteiger partial charge in [-0.05, 0) is 36.1 Å². The summed E-state index contributed by atoms with van der Waals surface area (Å²) in [6, 6.07) is 11.0. The quantitative estimate of drug-likeness (QED) is 0.554. The first-order chi connectivity index (χ1) is 13.1. The molecule has 2 aliphatic rings. The van der Waals surface area contributed by atoms with Crippen LogP contribution in [0.3, 0.4) is 0 Å². The first kappa shape index (κ1) is 21.2. The van der Waals surface area contributed by atoms with Gasteiger partial charge in [-0.15, -0.1) is 0 Å². The molecule has 7 heteroatoms. The van der Waals surface area contributed by atoms with Crippen molar-refractivity contribution in [3.63, 3.8) is 0 Å². The van der Waals surface area contributed by atoms with Gasteiger partial charge in [0.15, 0.2) is 6.79 Å². The summed E-state index contributed by atoms with van der Waals surface area (Å²) in [6.07, 6.45) is 2.54. The molecule has 3 N–H and O–H groups in total. The van der Waals surface area contributed by atoms with Crippen molar-refractivity contribution in [3.05, 3.63) is 47.5 Å². The summed E-state index contributed by atoms with van der Waals surface area (Å²) >= 11 is 0. The van der Waals surface area contributed by atoms with E-state index in [1.54, 1.807) is 19.2 Å². The standard InChI is InChI=1S/C11H13NO3.C9H9NO2.CH4/c1-14-7-15-9-4-2-3-8-5-6-10(13)12-11(8)9;11-7-3-1-2-6-4-5-8(12)10-9(6)7;/h2-4H,5-7H2,1H3,(H,12,13);1-3,11H,4-5H2,(H,10,12);1H4. The number of aryl methyl sites for hydroxylation is 2. The maximum absolute atomic E-state index is 11.3. The van der Waals surface area contributed by atoms with E-state index in [9.17, 15) is 14.7 Å². The minimum absolute atomic E-state index is 0. The Hall–Kier alpha value is -3.06. The predicted molar refractivity (Wildman–Crippen MR) is 108 cm³/mol. The number of benzene rings is 2. The normalized spacial score (nSPS) is 14.2. The van der Waals surface area contributed by atoms with Crippen LogP contribution in [0.1, 0.15) is 31.4 Å². The number of aromatic hydroxyl groups is 1. The molecule has 2 amide bonds. The summed E-state index contributed by atoms with van der Waals surface area (Å²) in [7, 11) is 1.56. The Balaban J connectivity index is 0.000000198. The summed E-state index contributed by atoms with van der Waals surface area (Å²) < 4.78 is 10.2.